The average molecular weight is 433 g/mol. The molecule has 4 aromatic rings. The smallest absolute Gasteiger partial charge is 0.261 e. The van der Waals surface area contributed by atoms with Gasteiger partial charge in [0.05, 0.1) is 28.9 Å². The van der Waals surface area contributed by atoms with Gasteiger partial charge in [-0.3, -0.25) is 14.4 Å². The fourth-order valence-electron chi connectivity index (χ4n) is 4.13. The third-order valence-corrected chi connectivity index (χ3v) is 5.66. The largest absolute Gasteiger partial charge is 0.463 e. The van der Waals surface area contributed by atoms with Crippen LogP contribution in [-0.4, -0.2) is 26.9 Å². The maximum Gasteiger partial charge on any atom is 0.261 e. The van der Waals surface area contributed by atoms with Crippen molar-refractivity contribution in [3.8, 4) is 11.5 Å². The van der Waals surface area contributed by atoms with Crippen molar-refractivity contribution in [1.29, 1.82) is 0 Å². The molecular weight excluding hydrogens is 414 g/mol. The van der Waals surface area contributed by atoms with Crippen LogP contribution in [0.1, 0.15) is 56.6 Å². The van der Waals surface area contributed by atoms with E-state index in [1.54, 1.807) is 25.1 Å². The van der Waals surface area contributed by atoms with Gasteiger partial charge in [0.25, 0.3) is 23.1 Å². The number of nitrogens with one attached hydrogen (secondary N) is 2. The molecule has 1 aliphatic carbocycles. The summed E-state index contributed by atoms with van der Waals surface area (Å²) >= 11 is 0. The minimum absolute atomic E-state index is 0.133. The zero-order valence-electron chi connectivity index (χ0n) is 17.1. The highest BCUT2D eigenvalue weighted by Gasteiger charge is 2.27. The Kier molecular flexibility index (Phi) is 4.62. The molecule has 5 rings (SSSR count). The molecular formula is C22H19N5O5. The maximum atomic E-state index is 13.4. The Morgan fingerprint density at radius 1 is 1.28 bits per heavy atom. The summed E-state index contributed by atoms with van der Waals surface area (Å²) in [7, 11) is 0. The van der Waals surface area contributed by atoms with Crippen molar-refractivity contribution in [1.82, 2.24) is 20.4 Å². The summed E-state index contributed by atoms with van der Waals surface area (Å²) in [6, 6.07) is 6.16. The van der Waals surface area contributed by atoms with Gasteiger partial charge in [-0.15, -0.1) is 0 Å². The molecule has 10 nitrogen and oxygen atoms in total. The molecule has 1 unspecified atom stereocenters. The minimum atomic E-state index is -0.816. The van der Waals surface area contributed by atoms with E-state index >= 15 is 0 Å². The van der Waals surface area contributed by atoms with Gasteiger partial charge in [-0.25, -0.2) is 4.98 Å². The van der Waals surface area contributed by atoms with Gasteiger partial charge in [0.1, 0.15) is 11.3 Å². The second kappa shape index (κ2) is 7.49. The fourth-order valence-corrected chi connectivity index (χ4v) is 4.13. The summed E-state index contributed by atoms with van der Waals surface area (Å²) in [5.74, 6) is -0.688. The van der Waals surface area contributed by atoms with Gasteiger partial charge in [-0.1, -0.05) is 5.16 Å². The number of hydrogen-bond acceptors (Lipinski definition) is 7. The lowest BCUT2D eigenvalue weighted by Crippen LogP contribution is -2.34. The summed E-state index contributed by atoms with van der Waals surface area (Å²) in [6.07, 6.45) is 3.57. The van der Waals surface area contributed by atoms with Crippen LogP contribution >= 0.6 is 0 Å². The predicted octanol–water partition coefficient (Wildman–Crippen LogP) is 2.39. The van der Waals surface area contributed by atoms with Crippen LogP contribution in [0.5, 0.6) is 0 Å². The highest BCUT2D eigenvalue weighted by molar-refractivity contribution is 6.07. The van der Waals surface area contributed by atoms with Gasteiger partial charge in [0.2, 0.25) is 0 Å². The molecule has 1 aliphatic rings. The van der Waals surface area contributed by atoms with Crippen LogP contribution in [0.3, 0.4) is 0 Å². The average Bonchev–Trinajstić information content (AvgIpc) is 3.43. The monoisotopic (exact) mass is 433 g/mol. The number of pyridine rings is 2. The summed E-state index contributed by atoms with van der Waals surface area (Å²) in [5.41, 5.74) is 7.58. The molecule has 0 bridgehead atoms. The molecule has 32 heavy (non-hydrogen) atoms. The maximum absolute atomic E-state index is 13.4. The Labute approximate surface area is 180 Å². The van der Waals surface area contributed by atoms with Gasteiger partial charge in [0, 0.05) is 5.69 Å². The van der Waals surface area contributed by atoms with Crippen LogP contribution in [-0.2, 0) is 6.42 Å². The van der Waals surface area contributed by atoms with Gasteiger partial charge in [0.15, 0.2) is 5.76 Å². The lowest BCUT2D eigenvalue weighted by Gasteiger charge is -2.26. The first-order valence-corrected chi connectivity index (χ1v) is 10.1. The SMILES string of the molecule is Cc1noc2nc(-c3ccco3)cc(C(=O)NC3CCCc4[nH]c(=O)c(C(N)=O)cc43)c12. The third kappa shape index (κ3) is 3.25. The molecule has 0 aliphatic heterocycles. The number of aromatic nitrogens is 3. The Morgan fingerprint density at radius 2 is 2.12 bits per heavy atom. The molecule has 0 fully saturated rings. The van der Waals surface area contributed by atoms with E-state index in [1.807, 2.05) is 0 Å². The van der Waals surface area contributed by atoms with E-state index in [0.717, 1.165) is 6.42 Å². The summed E-state index contributed by atoms with van der Waals surface area (Å²) in [5, 5.41) is 7.47. The standard InChI is InChI=1S/C22H19N5O5/c1-10-18-12(9-16(17-6-3-7-31-17)26-22(18)32-27-10)20(29)24-14-4-2-5-15-11(14)8-13(19(23)28)21(30)25-15/h3,6-9,14H,2,4-5H2,1H3,(H2,23,28)(H,24,29)(H,25,30). The topological polar surface area (TPSA) is 157 Å². The lowest BCUT2D eigenvalue weighted by atomic mass is 9.90. The molecule has 2 amide bonds. The highest BCUT2D eigenvalue weighted by atomic mass is 16.5. The van der Waals surface area contributed by atoms with Crippen molar-refractivity contribution in [3.05, 3.63) is 69.0 Å². The van der Waals surface area contributed by atoms with E-state index in [1.165, 1.54) is 12.3 Å². The first-order chi connectivity index (χ1) is 15.4. The summed E-state index contributed by atoms with van der Waals surface area (Å²) in [6.45, 7) is 1.73. The highest BCUT2D eigenvalue weighted by Crippen LogP contribution is 2.31. The molecule has 0 aromatic carbocycles. The van der Waals surface area contributed by atoms with E-state index in [-0.39, 0.29) is 17.2 Å². The number of carbonyl (C=O) groups excluding carboxylic acids is 2. The molecule has 4 heterocycles. The van der Waals surface area contributed by atoms with Crippen LogP contribution < -0.4 is 16.6 Å². The molecule has 1 atom stereocenters. The van der Waals surface area contributed by atoms with Crippen molar-refractivity contribution in [3.63, 3.8) is 0 Å². The van der Waals surface area contributed by atoms with E-state index in [9.17, 15) is 14.4 Å². The number of rotatable bonds is 4. The van der Waals surface area contributed by atoms with Crippen LogP contribution in [0.4, 0.5) is 0 Å². The number of H-pyrrole nitrogens is 1. The Hall–Kier alpha value is -4.21. The summed E-state index contributed by atoms with van der Waals surface area (Å²) < 4.78 is 10.7. The molecule has 10 heteroatoms. The van der Waals surface area contributed by atoms with Gasteiger partial charge in [-0.2, -0.15) is 0 Å². The third-order valence-electron chi connectivity index (χ3n) is 5.66. The minimum Gasteiger partial charge on any atom is -0.463 e. The fraction of sp³-hybridized carbons (Fsp3) is 0.227. The van der Waals surface area contributed by atoms with Crippen LogP contribution in [0.15, 0.2) is 44.3 Å². The number of furan rings is 1. The lowest BCUT2D eigenvalue weighted by molar-refractivity contribution is 0.0934. The number of fused-ring (bicyclic) bond motifs is 2. The van der Waals surface area contributed by atoms with Crippen molar-refractivity contribution < 1.29 is 18.5 Å². The number of hydrogen-bond donors (Lipinski definition) is 3. The number of primary amides is 1. The molecule has 0 spiro atoms. The quantitative estimate of drug-likeness (QED) is 0.446. The first-order valence-electron chi connectivity index (χ1n) is 10.1. The zero-order valence-corrected chi connectivity index (χ0v) is 17.1. The van der Waals surface area contributed by atoms with Gasteiger partial charge >= 0.3 is 0 Å². The zero-order chi connectivity index (χ0) is 22.4. The Bertz CT molecular complexity index is 1420. The molecule has 0 saturated heterocycles. The van der Waals surface area contributed by atoms with Gasteiger partial charge < -0.3 is 25.0 Å². The first kappa shape index (κ1) is 19.7. The normalized spacial score (nSPS) is 15.5. The van der Waals surface area contributed by atoms with Crippen molar-refractivity contribution in [2.75, 3.05) is 0 Å². The number of nitrogens with zero attached hydrogens (tertiary/aromatic N) is 2. The molecule has 4 N–H and O–H groups in total. The van der Waals surface area contributed by atoms with E-state index in [0.29, 0.717) is 52.2 Å². The summed E-state index contributed by atoms with van der Waals surface area (Å²) in [4.78, 5) is 44.3. The Morgan fingerprint density at radius 3 is 2.88 bits per heavy atom. The van der Waals surface area contributed by atoms with Crippen molar-refractivity contribution >= 4 is 22.9 Å². The van der Waals surface area contributed by atoms with Crippen LogP contribution in [0.25, 0.3) is 22.6 Å². The van der Waals surface area contributed by atoms with E-state index in [4.69, 9.17) is 14.7 Å². The number of nitrogens with two attached hydrogens (primary N) is 1. The predicted molar refractivity (Wildman–Crippen MR) is 113 cm³/mol. The van der Waals surface area contributed by atoms with Crippen molar-refractivity contribution in [2.24, 2.45) is 5.73 Å². The number of carbonyl (C=O) groups is 2. The van der Waals surface area contributed by atoms with E-state index in [2.05, 4.69) is 20.4 Å². The van der Waals surface area contributed by atoms with Crippen molar-refractivity contribution in [2.45, 2.75) is 32.2 Å². The molecule has 162 valence electrons. The number of amides is 2. The molecule has 4 aromatic heterocycles. The Balaban J connectivity index is 1.56. The molecule has 0 saturated carbocycles. The van der Waals surface area contributed by atoms with Crippen LogP contribution in [0.2, 0.25) is 0 Å². The van der Waals surface area contributed by atoms with E-state index < -0.39 is 17.5 Å². The molecule has 0 radical (unpaired) electrons. The van der Waals surface area contributed by atoms with Gasteiger partial charge in [-0.05, 0) is 56.0 Å². The number of aryl methyl sites for hydroxylation is 2. The van der Waals surface area contributed by atoms with Crippen LogP contribution in [0, 0.1) is 6.92 Å². The second-order valence-corrected chi connectivity index (χ2v) is 7.71. The second-order valence-electron chi connectivity index (χ2n) is 7.71. The number of aromatic amines is 1.